The summed E-state index contributed by atoms with van der Waals surface area (Å²) in [7, 11) is 0. The van der Waals surface area contributed by atoms with E-state index in [0.717, 1.165) is 19.2 Å². The smallest absolute Gasteiger partial charge is 0.296 e. The predicted molar refractivity (Wildman–Crippen MR) is 32.5 cm³/mol. The summed E-state index contributed by atoms with van der Waals surface area (Å²) in [6, 6.07) is 0.771. The zero-order valence-electron chi connectivity index (χ0n) is 5.29. The molecule has 9 heavy (non-hydrogen) atoms. The lowest BCUT2D eigenvalue weighted by molar-refractivity contribution is 0.345. The van der Waals surface area contributed by atoms with Gasteiger partial charge in [0, 0.05) is 5.69 Å². The minimum atomic E-state index is 0.771. The zero-order chi connectivity index (χ0) is 6.27. The fraction of sp³-hybridized carbons (Fsp3) is 0.500. The average molecular weight is 124 g/mol. The van der Waals surface area contributed by atoms with Gasteiger partial charge in [0.1, 0.15) is 6.61 Å². The van der Waals surface area contributed by atoms with Crippen LogP contribution in [0.5, 0.6) is 6.01 Å². The van der Waals surface area contributed by atoms with Crippen LogP contribution in [0.2, 0.25) is 0 Å². The molecule has 0 spiro atoms. The normalized spacial score (nSPS) is 15.2. The van der Waals surface area contributed by atoms with Crippen molar-refractivity contribution in [2.45, 2.75) is 13.5 Å². The Morgan fingerprint density at radius 1 is 1.78 bits per heavy atom. The first-order chi connectivity index (χ1) is 4.38. The van der Waals surface area contributed by atoms with Gasteiger partial charge in [-0.3, -0.25) is 4.57 Å². The number of nitrogens with zero attached hydrogens (tertiary/aromatic N) is 2. The van der Waals surface area contributed by atoms with Gasteiger partial charge in [-0.1, -0.05) is 0 Å². The number of aromatic nitrogens is 2. The van der Waals surface area contributed by atoms with E-state index in [1.54, 1.807) is 0 Å². The molecule has 0 amide bonds. The summed E-state index contributed by atoms with van der Waals surface area (Å²) in [4.78, 5) is 4.04. The van der Waals surface area contributed by atoms with Crippen molar-refractivity contribution in [3.05, 3.63) is 11.9 Å². The molecule has 2 rings (SSSR count). The fourth-order valence-corrected chi connectivity index (χ4v) is 1.05. The third-order valence-corrected chi connectivity index (χ3v) is 1.56. The van der Waals surface area contributed by atoms with E-state index in [1.807, 2.05) is 13.1 Å². The van der Waals surface area contributed by atoms with E-state index in [1.165, 1.54) is 5.69 Å². The second kappa shape index (κ2) is 1.50. The van der Waals surface area contributed by atoms with Gasteiger partial charge >= 0.3 is 0 Å². The molecule has 48 valence electrons. The number of fused-ring (bicyclic) bond motifs is 1. The summed E-state index contributed by atoms with van der Waals surface area (Å²) in [5.74, 6) is 0. The van der Waals surface area contributed by atoms with Crippen LogP contribution in [0.4, 0.5) is 0 Å². The Morgan fingerprint density at radius 3 is 3.44 bits per heavy atom. The summed E-state index contributed by atoms with van der Waals surface area (Å²) in [5, 5.41) is 0. The van der Waals surface area contributed by atoms with Crippen LogP contribution in [-0.4, -0.2) is 16.2 Å². The molecular formula is C6H8N2O. The lowest BCUT2D eigenvalue weighted by Gasteiger charge is -1.91. The maximum Gasteiger partial charge on any atom is 0.296 e. The maximum absolute atomic E-state index is 5.17. The molecule has 3 heteroatoms. The van der Waals surface area contributed by atoms with Crippen molar-refractivity contribution in [1.29, 1.82) is 0 Å². The van der Waals surface area contributed by atoms with E-state index in [2.05, 4.69) is 9.55 Å². The van der Waals surface area contributed by atoms with Crippen LogP contribution in [-0.2, 0) is 6.54 Å². The van der Waals surface area contributed by atoms with Gasteiger partial charge < -0.3 is 4.74 Å². The molecule has 0 radical (unpaired) electrons. The highest BCUT2D eigenvalue weighted by molar-refractivity contribution is 5.10. The molecule has 0 aromatic carbocycles. The Morgan fingerprint density at radius 2 is 2.67 bits per heavy atom. The number of aryl methyl sites for hydroxylation is 1. The molecule has 1 aromatic rings. The van der Waals surface area contributed by atoms with Crippen LogP contribution in [0.3, 0.4) is 0 Å². The van der Waals surface area contributed by atoms with Gasteiger partial charge in [0.2, 0.25) is 0 Å². The van der Waals surface area contributed by atoms with Crippen molar-refractivity contribution in [3.63, 3.8) is 0 Å². The monoisotopic (exact) mass is 124 g/mol. The summed E-state index contributed by atoms with van der Waals surface area (Å²) < 4.78 is 7.24. The number of rotatable bonds is 0. The van der Waals surface area contributed by atoms with Crippen LogP contribution >= 0.6 is 0 Å². The van der Waals surface area contributed by atoms with E-state index in [9.17, 15) is 0 Å². The summed E-state index contributed by atoms with van der Waals surface area (Å²) in [6.45, 7) is 3.77. The van der Waals surface area contributed by atoms with E-state index < -0.39 is 0 Å². The Kier molecular flexibility index (Phi) is 0.806. The van der Waals surface area contributed by atoms with Crippen LogP contribution in [0.15, 0.2) is 6.20 Å². The highest BCUT2D eigenvalue weighted by atomic mass is 16.5. The first-order valence-electron chi connectivity index (χ1n) is 3.03. The molecule has 0 saturated heterocycles. The standard InChI is InChI=1S/C6H8N2O/c1-5-4-7-6-8(5)2-3-9-6/h4H,2-3H2,1H3. The summed E-state index contributed by atoms with van der Waals surface area (Å²) in [6.07, 6.45) is 1.83. The third-order valence-electron chi connectivity index (χ3n) is 1.56. The molecule has 0 fully saturated rings. The second-order valence-electron chi connectivity index (χ2n) is 2.18. The molecule has 0 aliphatic carbocycles. The molecule has 0 saturated carbocycles. The number of hydrogen-bond acceptors (Lipinski definition) is 2. The molecule has 1 aliphatic rings. The Labute approximate surface area is 53.3 Å². The summed E-state index contributed by atoms with van der Waals surface area (Å²) >= 11 is 0. The zero-order valence-corrected chi connectivity index (χ0v) is 5.29. The van der Waals surface area contributed by atoms with E-state index in [4.69, 9.17) is 4.74 Å². The highest BCUT2D eigenvalue weighted by Gasteiger charge is 2.13. The molecule has 0 atom stereocenters. The minimum absolute atomic E-state index is 0.771. The van der Waals surface area contributed by atoms with Gasteiger partial charge in [-0.15, -0.1) is 0 Å². The molecule has 0 bridgehead atoms. The number of ether oxygens (including phenoxy) is 1. The summed E-state index contributed by atoms with van der Waals surface area (Å²) in [5.41, 5.74) is 1.18. The van der Waals surface area contributed by atoms with Gasteiger partial charge in [-0.05, 0) is 6.92 Å². The Hall–Kier alpha value is -0.990. The lowest BCUT2D eigenvalue weighted by atomic mass is 10.5. The molecular weight excluding hydrogens is 116 g/mol. The van der Waals surface area contributed by atoms with Crippen molar-refractivity contribution >= 4 is 0 Å². The molecule has 0 unspecified atom stereocenters. The predicted octanol–water partition coefficient (Wildman–Crippen LogP) is 0.584. The van der Waals surface area contributed by atoms with E-state index >= 15 is 0 Å². The third kappa shape index (κ3) is 0.542. The van der Waals surface area contributed by atoms with Gasteiger partial charge in [0.15, 0.2) is 0 Å². The largest absolute Gasteiger partial charge is 0.463 e. The average Bonchev–Trinajstić information content (AvgIpc) is 2.35. The Balaban J connectivity index is 2.56. The van der Waals surface area contributed by atoms with E-state index in [0.29, 0.717) is 0 Å². The van der Waals surface area contributed by atoms with Crippen LogP contribution in [0.25, 0.3) is 0 Å². The topological polar surface area (TPSA) is 27.1 Å². The van der Waals surface area contributed by atoms with Crippen LogP contribution in [0, 0.1) is 6.92 Å². The second-order valence-corrected chi connectivity index (χ2v) is 2.18. The minimum Gasteiger partial charge on any atom is -0.463 e. The maximum atomic E-state index is 5.17. The molecule has 1 aliphatic heterocycles. The van der Waals surface area contributed by atoms with Gasteiger partial charge in [-0.25, -0.2) is 4.98 Å². The van der Waals surface area contributed by atoms with Crippen molar-refractivity contribution in [1.82, 2.24) is 9.55 Å². The SMILES string of the molecule is Cc1cnc2n1CCO2. The number of hydrogen-bond donors (Lipinski definition) is 0. The Bertz CT molecular complexity index is 229. The van der Waals surface area contributed by atoms with E-state index in [-0.39, 0.29) is 0 Å². The number of imidazole rings is 1. The molecule has 0 N–H and O–H groups in total. The van der Waals surface area contributed by atoms with Crippen molar-refractivity contribution in [2.24, 2.45) is 0 Å². The van der Waals surface area contributed by atoms with Crippen LogP contribution < -0.4 is 4.74 Å². The van der Waals surface area contributed by atoms with Crippen molar-refractivity contribution < 1.29 is 4.74 Å². The lowest BCUT2D eigenvalue weighted by Crippen LogP contribution is -1.94. The first-order valence-corrected chi connectivity index (χ1v) is 3.03. The van der Waals surface area contributed by atoms with Gasteiger partial charge in [-0.2, -0.15) is 0 Å². The molecule has 3 nitrogen and oxygen atoms in total. The first kappa shape index (κ1) is 4.85. The highest BCUT2D eigenvalue weighted by Crippen LogP contribution is 2.16. The molecule has 2 heterocycles. The van der Waals surface area contributed by atoms with Gasteiger partial charge in [0.05, 0.1) is 12.7 Å². The van der Waals surface area contributed by atoms with Crippen molar-refractivity contribution in [3.8, 4) is 6.01 Å². The van der Waals surface area contributed by atoms with Crippen molar-refractivity contribution in [2.75, 3.05) is 6.61 Å². The van der Waals surface area contributed by atoms with Crippen LogP contribution in [0.1, 0.15) is 5.69 Å². The quantitative estimate of drug-likeness (QED) is 0.506. The molecule has 1 aromatic heterocycles. The van der Waals surface area contributed by atoms with Gasteiger partial charge in [0.25, 0.3) is 6.01 Å². The fourth-order valence-electron chi connectivity index (χ4n) is 1.05.